The first kappa shape index (κ1) is 4.73. The van der Waals surface area contributed by atoms with Crippen LogP contribution in [0.4, 0.5) is 0 Å². The van der Waals surface area contributed by atoms with Crippen LogP contribution >= 0.6 is 0 Å². The van der Waals surface area contributed by atoms with Gasteiger partial charge in [-0.05, 0) is 49.6 Å². The average Bonchev–Trinajstić information content (AvgIpc) is 2.69. The van der Waals surface area contributed by atoms with Gasteiger partial charge in [0, 0.05) is 0 Å². The van der Waals surface area contributed by atoms with Gasteiger partial charge in [-0.3, -0.25) is 0 Å². The molecule has 0 radical (unpaired) electrons. The van der Waals surface area contributed by atoms with E-state index in [2.05, 4.69) is 5.32 Å². The molecule has 4 fully saturated rings. The van der Waals surface area contributed by atoms with Gasteiger partial charge in [-0.2, -0.15) is 0 Å². The van der Waals surface area contributed by atoms with Gasteiger partial charge in [0.15, 0.2) is 0 Å². The van der Waals surface area contributed by atoms with E-state index in [0.29, 0.717) is 0 Å². The van der Waals surface area contributed by atoms with Crippen LogP contribution in [0.25, 0.3) is 0 Å². The summed E-state index contributed by atoms with van der Waals surface area (Å²) in [5.41, 5.74) is 0.922. The third-order valence-corrected chi connectivity index (χ3v) is 3.80. The van der Waals surface area contributed by atoms with E-state index in [0.717, 1.165) is 17.3 Å². The smallest absolute Gasteiger partial charge is 0.00149 e. The second-order valence-electron chi connectivity index (χ2n) is 4.02. The number of hydrogen-bond acceptors (Lipinski definition) is 1. The van der Waals surface area contributed by atoms with Crippen molar-refractivity contribution in [1.82, 2.24) is 5.32 Å². The van der Waals surface area contributed by atoms with E-state index in [-0.39, 0.29) is 0 Å². The van der Waals surface area contributed by atoms with E-state index in [4.69, 9.17) is 0 Å². The first-order chi connectivity index (χ1) is 4.42. The van der Waals surface area contributed by atoms with Gasteiger partial charge in [-0.25, -0.2) is 0 Å². The molecule has 4 rings (SSSR count). The van der Waals surface area contributed by atoms with E-state index in [9.17, 15) is 0 Å². The van der Waals surface area contributed by atoms with Gasteiger partial charge >= 0.3 is 0 Å². The number of fused-ring (bicyclic) bond motifs is 2. The molecule has 4 aliphatic rings. The fraction of sp³-hybridized carbons (Fsp3) is 1.00. The van der Waals surface area contributed by atoms with Crippen molar-refractivity contribution in [2.75, 3.05) is 13.1 Å². The molecule has 1 spiro atoms. The minimum atomic E-state index is 0.922. The zero-order valence-corrected chi connectivity index (χ0v) is 5.69. The average molecular weight is 123 g/mol. The molecule has 2 saturated carbocycles. The van der Waals surface area contributed by atoms with Crippen molar-refractivity contribution in [1.29, 1.82) is 0 Å². The van der Waals surface area contributed by atoms with Crippen LogP contribution in [0.2, 0.25) is 0 Å². The van der Waals surface area contributed by atoms with Crippen molar-refractivity contribution in [2.45, 2.75) is 19.3 Å². The molecule has 2 aliphatic carbocycles. The molecule has 50 valence electrons. The van der Waals surface area contributed by atoms with Crippen LogP contribution in [0.15, 0.2) is 0 Å². The van der Waals surface area contributed by atoms with Gasteiger partial charge in [-0.15, -0.1) is 0 Å². The van der Waals surface area contributed by atoms with Crippen molar-refractivity contribution < 1.29 is 0 Å². The van der Waals surface area contributed by atoms with Gasteiger partial charge in [0.1, 0.15) is 0 Å². The molecule has 9 heavy (non-hydrogen) atoms. The summed E-state index contributed by atoms with van der Waals surface area (Å²) in [6.45, 7) is 2.66. The number of hydrogen-bond donors (Lipinski definition) is 1. The molecular weight excluding hydrogens is 110 g/mol. The molecule has 2 heterocycles. The third kappa shape index (κ3) is 0.389. The monoisotopic (exact) mass is 123 g/mol. The van der Waals surface area contributed by atoms with Crippen LogP contribution in [0.1, 0.15) is 19.3 Å². The second kappa shape index (κ2) is 1.20. The lowest BCUT2D eigenvalue weighted by atomic mass is 9.59. The molecule has 2 bridgehead atoms. The maximum atomic E-state index is 3.48. The standard InChI is InChI=1S/C8H13N/c1-2-8(1)6-3-7(8)5-9-4-6/h6-7,9H,1-5H2. The molecule has 1 nitrogen and oxygen atoms in total. The summed E-state index contributed by atoms with van der Waals surface area (Å²) < 4.78 is 0. The summed E-state index contributed by atoms with van der Waals surface area (Å²) in [5, 5.41) is 3.48. The lowest BCUT2D eigenvalue weighted by molar-refractivity contribution is 0.00734. The van der Waals surface area contributed by atoms with Crippen LogP contribution in [0, 0.1) is 17.3 Å². The van der Waals surface area contributed by atoms with Gasteiger partial charge in [0.2, 0.25) is 0 Å². The van der Waals surface area contributed by atoms with E-state index >= 15 is 0 Å². The van der Waals surface area contributed by atoms with Gasteiger partial charge < -0.3 is 5.32 Å². The van der Waals surface area contributed by atoms with E-state index in [1.165, 1.54) is 13.1 Å². The van der Waals surface area contributed by atoms with E-state index in [1.807, 2.05) is 0 Å². The maximum Gasteiger partial charge on any atom is -0.00149 e. The summed E-state index contributed by atoms with van der Waals surface area (Å²) in [4.78, 5) is 0. The van der Waals surface area contributed by atoms with E-state index < -0.39 is 0 Å². The number of nitrogens with one attached hydrogen (secondary N) is 1. The predicted molar refractivity (Wildman–Crippen MR) is 36.1 cm³/mol. The van der Waals surface area contributed by atoms with Gasteiger partial charge in [-0.1, -0.05) is 0 Å². The summed E-state index contributed by atoms with van der Waals surface area (Å²) in [6.07, 6.45) is 4.67. The highest BCUT2D eigenvalue weighted by atomic mass is 15.0. The number of rotatable bonds is 0. The predicted octanol–water partition coefficient (Wildman–Crippen LogP) is 1.01. The van der Waals surface area contributed by atoms with Crippen molar-refractivity contribution in [3.8, 4) is 0 Å². The zero-order valence-electron chi connectivity index (χ0n) is 5.69. The summed E-state index contributed by atoms with van der Waals surface area (Å²) >= 11 is 0. The molecule has 2 unspecified atom stereocenters. The van der Waals surface area contributed by atoms with Gasteiger partial charge in [0.25, 0.3) is 0 Å². The molecule has 2 atom stereocenters. The minimum Gasteiger partial charge on any atom is -0.316 e. The highest BCUT2D eigenvalue weighted by molar-refractivity contribution is 5.14. The molecule has 0 amide bonds. The Labute approximate surface area is 55.8 Å². The Morgan fingerprint density at radius 2 is 1.78 bits per heavy atom. The van der Waals surface area contributed by atoms with Crippen molar-refractivity contribution in [3.05, 3.63) is 0 Å². The third-order valence-electron chi connectivity index (χ3n) is 3.80. The molecule has 0 aromatic heterocycles. The Balaban J connectivity index is 1.91. The molecule has 2 aliphatic heterocycles. The molecule has 1 heteroatoms. The van der Waals surface area contributed by atoms with Gasteiger partial charge in [0.05, 0.1) is 0 Å². The van der Waals surface area contributed by atoms with Crippen molar-refractivity contribution in [2.24, 2.45) is 17.3 Å². The minimum absolute atomic E-state index is 0.922. The Hall–Kier alpha value is -0.0400. The van der Waals surface area contributed by atoms with Crippen LogP contribution in [0.5, 0.6) is 0 Å². The highest BCUT2D eigenvalue weighted by Gasteiger charge is 2.63. The summed E-state index contributed by atoms with van der Waals surface area (Å²) in [7, 11) is 0. The topological polar surface area (TPSA) is 12.0 Å². The Morgan fingerprint density at radius 3 is 2.11 bits per heavy atom. The van der Waals surface area contributed by atoms with Crippen LogP contribution in [-0.2, 0) is 0 Å². The van der Waals surface area contributed by atoms with Crippen LogP contribution in [0.3, 0.4) is 0 Å². The summed E-state index contributed by atoms with van der Waals surface area (Å²) in [6, 6.07) is 0. The zero-order chi connectivity index (χ0) is 5.90. The highest BCUT2D eigenvalue weighted by Crippen LogP contribution is 2.68. The summed E-state index contributed by atoms with van der Waals surface area (Å²) in [5.74, 6) is 2.19. The molecular formula is C8H13N. The normalized spacial score (nSPS) is 50.7. The quantitative estimate of drug-likeness (QED) is 0.507. The Bertz CT molecular complexity index is 133. The van der Waals surface area contributed by atoms with Crippen LogP contribution < -0.4 is 5.32 Å². The molecule has 0 aromatic carbocycles. The SMILES string of the molecule is C1NCC2CC1C21CC1. The number of piperidine rings is 2. The Kier molecular flexibility index (Phi) is 0.628. The van der Waals surface area contributed by atoms with Crippen molar-refractivity contribution in [3.63, 3.8) is 0 Å². The lowest BCUT2D eigenvalue weighted by Gasteiger charge is -2.51. The van der Waals surface area contributed by atoms with Crippen molar-refractivity contribution >= 4 is 0 Å². The lowest BCUT2D eigenvalue weighted by Crippen LogP contribution is -2.54. The molecule has 1 N–H and O–H groups in total. The fourth-order valence-corrected chi connectivity index (χ4v) is 2.95. The first-order valence-electron chi connectivity index (χ1n) is 4.12. The largest absolute Gasteiger partial charge is 0.316 e. The second-order valence-corrected chi connectivity index (χ2v) is 4.02. The maximum absolute atomic E-state index is 3.48. The first-order valence-corrected chi connectivity index (χ1v) is 4.12. The molecule has 2 saturated heterocycles. The molecule has 0 aromatic rings. The fourth-order valence-electron chi connectivity index (χ4n) is 2.95. The van der Waals surface area contributed by atoms with E-state index in [1.54, 1.807) is 19.3 Å². The van der Waals surface area contributed by atoms with Crippen LogP contribution in [-0.4, -0.2) is 13.1 Å². The Morgan fingerprint density at radius 1 is 1.11 bits per heavy atom.